The summed E-state index contributed by atoms with van der Waals surface area (Å²) in [4.78, 5) is 23.2. The van der Waals surface area contributed by atoms with Crippen molar-refractivity contribution >= 4 is 11.8 Å². The number of ketones is 1. The lowest BCUT2D eigenvalue weighted by Gasteiger charge is -2.61. The number of carboxylic acid groups (broad SMARTS) is 1. The first-order valence-corrected chi connectivity index (χ1v) is 9.79. The van der Waals surface area contributed by atoms with Crippen LogP contribution in [0.15, 0.2) is 23.8 Å². The summed E-state index contributed by atoms with van der Waals surface area (Å²) in [7, 11) is 0. The SMILES string of the molecule is C[C@]12C=CC(=O)C=C1CC[C@@H]1[C@@H]2CC[C@@]2(C)C1(O)CC[C@]2(O)[C@@H](O)C(=O)O. The van der Waals surface area contributed by atoms with Crippen LogP contribution >= 0.6 is 0 Å². The number of allylic oxidation sites excluding steroid dienone is 4. The smallest absolute Gasteiger partial charge is 0.335 e. The number of aliphatic carboxylic acids is 1. The van der Waals surface area contributed by atoms with Crippen LogP contribution in [0, 0.1) is 22.7 Å². The normalized spacial score (nSPS) is 49.7. The molecule has 4 rings (SSSR count). The molecule has 3 fully saturated rings. The molecule has 0 aromatic carbocycles. The summed E-state index contributed by atoms with van der Waals surface area (Å²) in [5, 5.41) is 42.6. The zero-order valence-electron chi connectivity index (χ0n) is 15.8. The minimum atomic E-state index is -1.92. The monoisotopic (exact) mass is 376 g/mol. The van der Waals surface area contributed by atoms with Gasteiger partial charge in [0.1, 0.15) is 5.60 Å². The minimum absolute atomic E-state index is 0.0000986. The van der Waals surface area contributed by atoms with Crippen LogP contribution in [0.25, 0.3) is 0 Å². The van der Waals surface area contributed by atoms with Gasteiger partial charge in [0.15, 0.2) is 11.9 Å². The maximum Gasteiger partial charge on any atom is 0.335 e. The highest BCUT2D eigenvalue weighted by Crippen LogP contribution is 2.69. The van der Waals surface area contributed by atoms with Crippen molar-refractivity contribution in [2.45, 2.75) is 69.7 Å². The lowest BCUT2D eigenvalue weighted by atomic mass is 9.45. The van der Waals surface area contributed by atoms with Gasteiger partial charge >= 0.3 is 5.97 Å². The second-order valence-corrected chi connectivity index (χ2v) is 9.40. The number of aliphatic hydroxyl groups excluding tert-OH is 1. The first-order chi connectivity index (χ1) is 12.5. The van der Waals surface area contributed by atoms with Gasteiger partial charge in [-0.1, -0.05) is 25.5 Å². The summed E-state index contributed by atoms with van der Waals surface area (Å²) in [6.07, 6.45) is 6.20. The van der Waals surface area contributed by atoms with E-state index in [1.165, 1.54) is 0 Å². The number of carboxylic acids is 1. The Hall–Kier alpha value is -1.50. The molecule has 0 bridgehead atoms. The van der Waals surface area contributed by atoms with Crippen molar-refractivity contribution in [3.63, 3.8) is 0 Å². The van der Waals surface area contributed by atoms with E-state index in [1.54, 1.807) is 19.1 Å². The summed E-state index contributed by atoms with van der Waals surface area (Å²) in [6, 6.07) is 0. The van der Waals surface area contributed by atoms with Crippen LogP contribution in [0.2, 0.25) is 0 Å². The fourth-order valence-electron chi connectivity index (χ4n) is 6.87. The van der Waals surface area contributed by atoms with Crippen LogP contribution in [0.5, 0.6) is 0 Å². The highest BCUT2D eigenvalue weighted by Gasteiger charge is 2.73. The first-order valence-electron chi connectivity index (χ1n) is 9.79. The zero-order chi connectivity index (χ0) is 19.8. The van der Waals surface area contributed by atoms with Crippen LogP contribution in [-0.4, -0.2) is 49.5 Å². The molecule has 0 saturated heterocycles. The standard InChI is InChI=1S/C21H28O6/c1-18-7-5-13(22)11-12(18)3-4-15-14(18)6-8-19(2)20(15,26)9-10-21(19,27)16(23)17(24)25/h5,7,11,14-16,23,26-27H,3-4,6,8-10H2,1-2H3,(H,24,25)/t14-,15+,16-,18-,19-,20?,21-/m0/s1. The largest absolute Gasteiger partial charge is 0.479 e. The third-order valence-electron chi connectivity index (χ3n) is 8.64. The van der Waals surface area contributed by atoms with Gasteiger partial charge in [-0.15, -0.1) is 0 Å². The molecule has 27 heavy (non-hydrogen) atoms. The molecule has 6 heteroatoms. The van der Waals surface area contributed by atoms with Crippen molar-refractivity contribution in [2.75, 3.05) is 0 Å². The van der Waals surface area contributed by atoms with Gasteiger partial charge in [0.05, 0.1) is 5.60 Å². The quantitative estimate of drug-likeness (QED) is 0.582. The molecule has 1 unspecified atom stereocenters. The third-order valence-corrected chi connectivity index (χ3v) is 8.64. The topological polar surface area (TPSA) is 115 Å². The van der Waals surface area contributed by atoms with E-state index in [-0.39, 0.29) is 35.9 Å². The predicted octanol–water partition coefficient (Wildman–Crippen LogP) is 1.59. The molecule has 4 aliphatic carbocycles. The Morgan fingerprint density at radius 3 is 2.52 bits per heavy atom. The number of fused-ring (bicyclic) bond motifs is 5. The van der Waals surface area contributed by atoms with Gasteiger partial charge in [0.25, 0.3) is 0 Å². The number of hydrogen-bond acceptors (Lipinski definition) is 5. The van der Waals surface area contributed by atoms with Crippen molar-refractivity contribution in [2.24, 2.45) is 22.7 Å². The maximum absolute atomic E-state index is 11.8. The average Bonchev–Trinajstić information content (AvgIpc) is 2.83. The van der Waals surface area contributed by atoms with Crippen LogP contribution < -0.4 is 0 Å². The molecule has 4 aliphatic rings. The molecule has 7 atom stereocenters. The van der Waals surface area contributed by atoms with Crippen molar-refractivity contribution in [1.82, 2.24) is 0 Å². The van der Waals surface area contributed by atoms with Crippen molar-refractivity contribution in [1.29, 1.82) is 0 Å². The Morgan fingerprint density at radius 1 is 1.15 bits per heavy atom. The number of hydrogen-bond donors (Lipinski definition) is 4. The van der Waals surface area contributed by atoms with Gasteiger partial charge in [-0.05, 0) is 62.5 Å². The van der Waals surface area contributed by atoms with Crippen LogP contribution in [0.1, 0.15) is 52.4 Å². The number of carbonyl (C=O) groups is 2. The highest BCUT2D eigenvalue weighted by atomic mass is 16.4. The minimum Gasteiger partial charge on any atom is -0.479 e. The van der Waals surface area contributed by atoms with Crippen molar-refractivity contribution in [3.8, 4) is 0 Å². The first kappa shape index (κ1) is 18.8. The molecule has 0 aromatic rings. The van der Waals surface area contributed by atoms with Gasteiger partial charge < -0.3 is 20.4 Å². The molecule has 0 aliphatic heterocycles. The van der Waals surface area contributed by atoms with Gasteiger partial charge in [-0.25, -0.2) is 4.79 Å². The van der Waals surface area contributed by atoms with Gasteiger partial charge in [0.2, 0.25) is 0 Å². The Bertz CT molecular complexity index is 771. The molecule has 0 amide bonds. The fraction of sp³-hybridized carbons (Fsp3) is 0.714. The van der Waals surface area contributed by atoms with E-state index in [0.717, 1.165) is 5.57 Å². The van der Waals surface area contributed by atoms with E-state index in [0.29, 0.717) is 25.7 Å². The summed E-state index contributed by atoms with van der Waals surface area (Å²) < 4.78 is 0. The molecule has 4 N–H and O–H groups in total. The predicted molar refractivity (Wildman–Crippen MR) is 96.7 cm³/mol. The van der Waals surface area contributed by atoms with Gasteiger partial charge in [0, 0.05) is 10.8 Å². The second kappa shape index (κ2) is 5.52. The summed E-state index contributed by atoms with van der Waals surface area (Å²) in [6.45, 7) is 3.84. The molecule has 6 nitrogen and oxygen atoms in total. The Kier molecular flexibility index (Phi) is 3.85. The van der Waals surface area contributed by atoms with Crippen LogP contribution in [-0.2, 0) is 9.59 Å². The summed E-state index contributed by atoms with van der Waals surface area (Å²) in [5.41, 5.74) is -3.40. The number of rotatable bonds is 2. The molecular weight excluding hydrogens is 348 g/mol. The summed E-state index contributed by atoms with van der Waals surface area (Å²) in [5.74, 6) is -1.46. The molecule has 148 valence electrons. The zero-order valence-corrected chi connectivity index (χ0v) is 15.8. The third kappa shape index (κ3) is 2.12. The maximum atomic E-state index is 11.8. The summed E-state index contributed by atoms with van der Waals surface area (Å²) >= 11 is 0. The van der Waals surface area contributed by atoms with E-state index in [1.807, 2.05) is 6.08 Å². The van der Waals surface area contributed by atoms with E-state index in [9.17, 15) is 30.0 Å². The van der Waals surface area contributed by atoms with Crippen LogP contribution in [0.3, 0.4) is 0 Å². The van der Waals surface area contributed by atoms with Gasteiger partial charge in [-0.3, -0.25) is 4.79 Å². The van der Waals surface area contributed by atoms with E-state index < -0.39 is 28.7 Å². The Morgan fingerprint density at radius 2 is 1.85 bits per heavy atom. The van der Waals surface area contributed by atoms with E-state index >= 15 is 0 Å². The average molecular weight is 376 g/mol. The van der Waals surface area contributed by atoms with Crippen molar-refractivity contribution < 1.29 is 30.0 Å². The fourth-order valence-corrected chi connectivity index (χ4v) is 6.87. The molecule has 0 spiro atoms. The van der Waals surface area contributed by atoms with Gasteiger partial charge in [-0.2, -0.15) is 0 Å². The van der Waals surface area contributed by atoms with Crippen LogP contribution in [0.4, 0.5) is 0 Å². The molecule has 0 aromatic heterocycles. The Labute approximate surface area is 158 Å². The molecule has 0 heterocycles. The Balaban J connectivity index is 1.75. The molecule has 0 radical (unpaired) electrons. The lowest BCUT2D eigenvalue weighted by Crippen LogP contribution is -2.67. The number of aliphatic hydroxyl groups is 3. The second-order valence-electron chi connectivity index (χ2n) is 9.40. The van der Waals surface area contributed by atoms with E-state index in [4.69, 9.17) is 0 Å². The molecular formula is C21H28O6. The molecule has 3 saturated carbocycles. The van der Waals surface area contributed by atoms with E-state index in [2.05, 4.69) is 6.92 Å². The number of carbonyl (C=O) groups excluding carboxylic acids is 1. The lowest BCUT2D eigenvalue weighted by molar-refractivity contribution is -0.238. The van der Waals surface area contributed by atoms with Crippen molar-refractivity contribution in [3.05, 3.63) is 23.8 Å². The highest BCUT2D eigenvalue weighted by molar-refractivity contribution is 6.01.